The normalized spacial score (nSPS) is 16.1. The minimum atomic E-state index is -0.364. The van der Waals surface area contributed by atoms with Crippen LogP contribution in [0.5, 0.6) is 0 Å². The van der Waals surface area contributed by atoms with Gasteiger partial charge in [-0.2, -0.15) is 0 Å². The van der Waals surface area contributed by atoms with Crippen LogP contribution in [0.15, 0.2) is 30.5 Å². The van der Waals surface area contributed by atoms with E-state index in [1.165, 1.54) is 19.0 Å². The number of hydrogen-bond donors (Lipinski definition) is 1. The fourth-order valence-corrected chi connectivity index (χ4v) is 2.84. The van der Waals surface area contributed by atoms with E-state index < -0.39 is 0 Å². The smallest absolute Gasteiger partial charge is 0.311 e. The monoisotopic (exact) mass is 285 g/mol. The number of benzene rings is 1. The summed E-state index contributed by atoms with van der Waals surface area (Å²) in [5.41, 5.74) is 1.71. The fraction of sp³-hybridized carbons (Fsp3) is 0.438. The van der Waals surface area contributed by atoms with E-state index in [2.05, 4.69) is 24.1 Å². The van der Waals surface area contributed by atoms with Gasteiger partial charge >= 0.3 is 5.69 Å². The predicted molar refractivity (Wildman–Crippen MR) is 83.4 cm³/mol. The molecule has 1 saturated carbocycles. The average molecular weight is 285 g/mol. The number of nitrogens with zero attached hydrogens (tertiary/aromatic N) is 2. The van der Waals surface area contributed by atoms with Gasteiger partial charge < -0.3 is 5.32 Å². The van der Waals surface area contributed by atoms with Crippen LogP contribution >= 0.6 is 0 Å². The lowest BCUT2D eigenvalue weighted by atomic mass is 9.92. The largest absolute Gasteiger partial charge is 0.378 e. The lowest BCUT2D eigenvalue weighted by molar-refractivity contribution is -0.384. The van der Waals surface area contributed by atoms with Crippen LogP contribution in [0.2, 0.25) is 0 Å². The average Bonchev–Trinajstić information content (AvgIpc) is 3.25. The topological polar surface area (TPSA) is 68.1 Å². The molecule has 21 heavy (non-hydrogen) atoms. The van der Waals surface area contributed by atoms with Crippen molar-refractivity contribution in [2.75, 3.05) is 11.9 Å². The molecule has 1 N–H and O–H groups in total. The van der Waals surface area contributed by atoms with Gasteiger partial charge in [0.15, 0.2) is 0 Å². The van der Waals surface area contributed by atoms with Gasteiger partial charge in [-0.25, -0.2) is 4.98 Å². The maximum Gasteiger partial charge on any atom is 0.311 e. The third-order valence-corrected chi connectivity index (χ3v) is 4.69. The van der Waals surface area contributed by atoms with Gasteiger partial charge in [-0.1, -0.05) is 32.0 Å². The summed E-state index contributed by atoms with van der Waals surface area (Å²) >= 11 is 0. The highest BCUT2D eigenvalue weighted by molar-refractivity contribution is 5.95. The maximum absolute atomic E-state index is 11.3. The van der Waals surface area contributed by atoms with Crippen LogP contribution in [-0.4, -0.2) is 16.5 Å². The third-order valence-electron chi connectivity index (χ3n) is 4.69. The second kappa shape index (κ2) is 4.98. The van der Waals surface area contributed by atoms with Gasteiger partial charge in [0.05, 0.1) is 10.4 Å². The zero-order valence-electron chi connectivity index (χ0n) is 12.3. The van der Waals surface area contributed by atoms with Crippen LogP contribution in [-0.2, 0) is 0 Å². The Morgan fingerprint density at radius 3 is 2.71 bits per heavy atom. The molecule has 0 saturated heterocycles. The Labute approximate surface area is 123 Å². The van der Waals surface area contributed by atoms with Crippen molar-refractivity contribution < 1.29 is 4.92 Å². The van der Waals surface area contributed by atoms with Crippen molar-refractivity contribution in [1.82, 2.24) is 4.98 Å². The molecule has 1 aliphatic carbocycles. The van der Waals surface area contributed by atoms with Gasteiger partial charge in [0.2, 0.25) is 0 Å². The van der Waals surface area contributed by atoms with Gasteiger partial charge in [-0.3, -0.25) is 10.1 Å². The second-order valence-corrected chi connectivity index (χ2v) is 6.16. The molecule has 5 nitrogen and oxygen atoms in total. The Morgan fingerprint density at radius 1 is 1.38 bits per heavy atom. The van der Waals surface area contributed by atoms with E-state index in [1.807, 2.05) is 24.3 Å². The summed E-state index contributed by atoms with van der Waals surface area (Å²) in [5, 5.41) is 15.4. The molecule has 0 unspecified atom stereocenters. The summed E-state index contributed by atoms with van der Waals surface area (Å²) in [6.45, 7) is 5.21. The minimum absolute atomic E-state index is 0.0493. The van der Waals surface area contributed by atoms with Crippen molar-refractivity contribution in [3.8, 4) is 0 Å². The third kappa shape index (κ3) is 2.44. The van der Waals surface area contributed by atoms with Crippen LogP contribution in [0.1, 0.15) is 26.7 Å². The number of fused-ring (bicyclic) bond motifs is 1. The fourth-order valence-electron chi connectivity index (χ4n) is 2.84. The highest BCUT2D eigenvalue weighted by Crippen LogP contribution is 2.52. The Balaban J connectivity index is 1.99. The Hall–Kier alpha value is -2.17. The van der Waals surface area contributed by atoms with Crippen LogP contribution in [0.25, 0.3) is 10.9 Å². The van der Waals surface area contributed by atoms with Gasteiger partial charge in [0.25, 0.3) is 0 Å². The summed E-state index contributed by atoms with van der Waals surface area (Å²) < 4.78 is 0. The van der Waals surface area contributed by atoms with Crippen molar-refractivity contribution in [2.45, 2.75) is 26.7 Å². The molecule has 1 fully saturated rings. The molecule has 1 heterocycles. The predicted octanol–water partition coefficient (Wildman–Crippen LogP) is 3.99. The molecule has 0 bridgehead atoms. The van der Waals surface area contributed by atoms with E-state index in [0.29, 0.717) is 11.6 Å². The molecule has 1 aromatic heterocycles. The van der Waals surface area contributed by atoms with Crippen molar-refractivity contribution in [3.05, 3.63) is 40.6 Å². The number of nitro groups is 1. The molecule has 3 rings (SSSR count). The van der Waals surface area contributed by atoms with E-state index in [4.69, 9.17) is 0 Å². The van der Waals surface area contributed by atoms with Crippen LogP contribution in [0.3, 0.4) is 0 Å². The summed E-state index contributed by atoms with van der Waals surface area (Å²) in [5.74, 6) is 0.581. The molecule has 1 aliphatic rings. The number of hydrogen-bond acceptors (Lipinski definition) is 4. The van der Waals surface area contributed by atoms with Crippen molar-refractivity contribution >= 4 is 22.3 Å². The van der Waals surface area contributed by atoms with Gasteiger partial charge in [0, 0.05) is 11.9 Å². The lowest BCUT2D eigenvalue weighted by Crippen LogP contribution is -2.21. The van der Waals surface area contributed by atoms with E-state index in [0.717, 1.165) is 17.4 Å². The van der Waals surface area contributed by atoms with E-state index in [1.54, 1.807) is 0 Å². The molecule has 0 aliphatic heterocycles. The first-order valence-corrected chi connectivity index (χ1v) is 7.29. The second-order valence-electron chi connectivity index (χ2n) is 6.16. The van der Waals surface area contributed by atoms with E-state index in [9.17, 15) is 10.1 Å². The molecular formula is C16H19N3O2. The van der Waals surface area contributed by atoms with E-state index in [-0.39, 0.29) is 16.0 Å². The number of aromatic nitrogens is 1. The first kappa shape index (κ1) is 13.8. The highest BCUT2D eigenvalue weighted by atomic mass is 16.6. The number of para-hydroxylation sites is 1. The highest BCUT2D eigenvalue weighted by Gasteiger charge is 2.45. The Bertz CT molecular complexity index is 693. The van der Waals surface area contributed by atoms with Gasteiger partial charge in [0.1, 0.15) is 11.9 Å². The van der Waals surface area contributed by atoms with Crippen molar-refractivity contribution in [1.29, 1.82) is 0 Å². The molecule has 0 radical (unpaired) electrons. The molecule has 1 aromatic carbocycles. The quantitative estimate of drug-likeness (QED) is 0.666. The van der Waals surface area contributed by atoms with Crippen molar-refractivity contribution in [2.24, 2.45) is 11.3 Å². The van der Waals surface area contributed by atoms with E-state index >= 15 is 0 Å². The first-order valence-electron chi connectivity index (χ1n) is 7.29. The Kier molecular flexibility index (Phi) is 3.27. The molecular weight excluding hydrogens is 266 g/mol. The summed E-state index contributed by atoms with van der Waals surface area (Å²) in [6.07, 6.45) is 3.72. The molecule has 110 valence electrons. The SMILES string of the molecule is CC(C)C1(CNc2c([N+](=O)[O-])cnc3ccccc23)CC1. The minimum Gasteiger partial charge on any atom is -0.378 e. The number of pyridine rings is 1. The Morgan fingerprint density at radius 2 is 2.10 bits per heavy atom. The number of anilines is 1. The van der Waals surface area contributed by atoms with Crippen molar-refractivity contribution in [3.63, 3.8) is 0 Å². The summed E-state index contributed by atoms with van der Waals surface area (Å²) in [4.78, 5) is 15.1. The first-order chi connectivity index (χ1) is 10.0. The number of rotatable bonds is 5. The molecule has 2 aromatic rings. The lowest BCUT2D eigenvalue weighted by Gasteiger charge is -2.21. The molecule has 0 atom stereocenters. The van der Waals surface area contributed by atoms with Gasteiger partial charge in [-0.15, -0.1) is 0 Å². The number of nitrogens with one attached hydrogen (secondary N) is 1. The van der Waals surface area contributed by atoms with Gasteiger partial charge in [-0.05, 0) is 30.2 Å². The zero-order valence-corrected chi connectivity index (χ0v) is 12.3. The maximum atomic E-state index is 11.3. The molecule has 0 spiro atoms. The summed E-state index contributed by atoms with van der Waals surface area (Å²) in [6, 6.07) is 7.53. The summed E-state index contributed by atoms with van der Waals surface area (Å²) in [7, 11) is 0. The van der Waals surface area contributed by atoms with Crippen LogP contribution in [0, 0.1) is 21.4 Å². The van der Waals surface area contributed by atoms with Crippen LogP contribution < -0.4 is 5.32 Å². The standard InChI is InChI=1S/C16H19N3O2/c1-11(2)16(7-8-16)10-18-15-12-5-3-4-6-13(12)17-9-14(15)19(20)21/h3-6,9,11H,7-8,10H2,1-2H3,(H,17,18). The molecule has 0 amide bonds. The van der Waals surface area contributed by atoms with Crippen LogP contribution in [0.4, 0.5) is 11.4 Å². The molecule has 5 heteroatoms. The zero-order chi connectivity index (χ0) is 15.0.